The van der Waals surface area contributed by atoms with Crippen LogP contribution in [0.15, 0.2) is 30.3 Å². The van der Waals surface area contributed by atoms with Gasteiger partial charge in [0.25, 0.3) is 0 Å². The van der Waals surface area contributed by atoms with Crippen LogP contribution in [0.3, 0.4) is 0 Å². The van der Waals surface area contributed by atoms with Crippen LogP contribution in [0, 0.1) is 0 Å². The molecule has 5 rings (SSSR count). The second-order valence-electron chi connectivity index (χ2n) is 8.33. The molecule has 3 aliphatic heterocycles. The molecule has 0 saturated carbocycles. The van der Waals surface area contributed by atoms with E-state index < -0.39 is 0 Å². The number of thiophene rings is 1. The Kier molecular flexibility index (Phi) is 6.01. The van der Waals surface area contributed by atoms with Gasteiger partial charge >= 0.3 is 6.09 Å². The average molecular weight is 477 g/mol. The minimum absolute atomic E-state index is 0.00870. The van der Waals surface area contributed by atoms with Gasteiger partial charge in [0.2, 0.25) is 0 Å². The van der Waals surface area contributed by atoms with E-state index >= 15 is 0 Å². The number of rotatable bonds is 7. The molecule has 2 saturated heterocycles. The number of halogens is 1. The lowest BCUT2D eigenvalue weighted by Gasteiger charge is -2.33. The summed E-state index contributed by atoms with van der Waals surface area (Å²) in [5.41, 5.74) is 1.79. The molecule has 32 heavy (non-hydrogen) atoms. The maximum Gasteiger partial charge on any atom is 0.415 e. The smallest absolute Gasteiger partial charge is 0.415 e. The van der Waals surface area contributed by atoms with E-state index in [4.69, 9.17) is 25.8 Å². The number of ether oxygens (including phenoxy) is 3. The number of Topliss-reactive ketones (excluding diaryl/α,β-unsaturated/α-hetero) is 1. The molecule has 7 nitrogen and oxygen atoms in total. The molecule has 9 heteroatoms. The summed E-state index contributed by atoms with van der Waals surface area (Å²) in [6, 6.07) is 9.53. The number of cyclic esters (lactones) is 1. The van der Waals surface area contributed by atoms with Gasteiger partial charge < -0.3 is 19.1 Å². The van der Waals surface area contributed by atoms with Gasteiger partial charge in [0.1, 0.15) is 24.5 Å². The molecule has 0 radical (unpaired) electrons. The number of hydrogen-bond donors (Lipinski definition) is 0. The van der Waals surface area contributed by atoms with Gasteiger partial charge in [0.05, 0.1) is 27.5 Å². The van der Waals surface area contributed by atoms with Crippen molar-refractivity contribution in [3.8, 4) is 5.75 Å². The molecule has 0 unspecified atom stereocenters. The van der Waals surface area contributed by atoms with Crippen molar-refractivity contribution in [1.82, 2.24) is 0 Å². The van der Waals surface area contributed by atoms with E-state index in [0.717, 1.165) is 30.8 Å². The van der Waals surface area contributed by atoms with Gasteiger partial charge in [0, 0.05) is 31.8 Å². The molecule has 0 bridgehead atoms. The number of carbonyl (C=O) groups excluding carboxylic acids is 2. The fourth-order valence-electron chi connectivity index (χ4n) is 4.85. The van der Waals surface area contributed by atoms with Crippen LogP contribution in [0.2, 0.25) is 4.34 Å². The van der Waals surface area contributed by atoms with Crippen LogP contribution in [0.25, 0.3) is 0 Å². The lowest BCUT2D eigenvalue weighted by molar-refractivity contribution is 0.0904. The molecule has 2 aromatic rings. The molecule has 4 heterocycles. The quantitative estimate of drug-likeness (QED) is 0.536. The van der Waals surface area contributed by atoms with Crippen LogP contribution in [0.4, 0.5) is 16.2 Å². The van der Waals surface area contributed by atoms with Crippen LogP contribution in [0.5, 0.6) is 5.75 Å². The Labute approximate surface area is 195 Å². The standard InChI is InChI=1S/C23H25ClN2O5S/c1-29-12-15-3-2-10-25(15)14-4-5-16-20(11-14)30-13-17-19(31-23(28)26(16)17)7-6-18(27)21-8-9-22(24)32-21/h4-5,8-9,11,15,17,19H,2-3,6-7,10,12-13H2,1H3/t15-,17+,19+/m1/s1. The Balaban J connectivity index is 1.29. The van der Waals surface area contributed by atoms with Crippen molar-refractivity contribution in [1.29, 1.82) is 0 Å². The molecular weight excluding hydrogens is 452 g/mol. The first kappa shape index (κ1) is 21.6. The lowest BCUT2D eigenvalue weighted by atomic mass is 10.0. The zero-order chi connectivity index (χ0) is 22.2. The van der Waals surface area contributed by atoms with Crippen molar-refractivity contribution in [3.63, 3.8) is 0 Å². The summed E-state index contributed by atoms with van der Waals surface area (Å²) >= 11 is 7.20. The van der Waals surface area contributed by atoms with Gasteiger partial charge in [-0.05, 0) is 43.5 Å². The third kappa shape index (κ3) is 3.95. The van der Waals surface area contributed by atoms with Crippen molar-refractivity contribution in [2.75, 3.05) is 36.7 Å². The highest BCUT2D eigenvalue weighted by atomic mass is 35.5. The normalized spacial score (nSPS) is 24.2. The molecule has 0 N–H and O–H groups in total. The van der Waals surface area contributed by atoms with Crippen molar-refractivity contribution in [3.05, 3.63) is 39.5 Å². The first-order chi connectivity index (χ1) is 15.5. The van der Waals surface area contributed by atoms with Gasteiger partial charge in [-0.2, -0.15) is 0 Å². The van der Waals surface area contributed by atoms with E-state index in [1.165, 1.54) is 11.3 Å². The Morgan fingerprint density at radius 2 is 2.19 bits per heavy atom. The number of amides is 1. The van der Waals surface area contributed by atoms with Gasteiger partial charge in [-0.25, -0.2) is 4.79 Å². The third-order valence-electron chi connectivity index (χ3n) is 6.39. The summed E-state index contributed by atoms with van der Waals surface area (Å²) in [4.78, 5) is 29.8. The van der Waals surface area contributed by atoms with E-state index in [-0.39, 0.29) is 24.0 Å². The minimum atomic E-state index is -0.389. The largest absolute Gasteiger partial charge is 0.489 e. The number of anilines is 2. The lowest BCUT2D eigenvalue weighted by Crippen LogP contribution is -2.44. The summed E-state index contributed by atoms with van der Waals surface area (Å²) in [6.07, 6.45) is 2.20. The predicted octanol–water partition coefficient (Wildman–Crippen LogP) is 4.77. The Hall–Kier alpha value is -2.29. The number of fused-ring (bicyclic) bond motifs is 3. The zero-order valence-electron chi connectivity index (χ0n) is 17.8. The highest BCUT2D eigenvalue weighted by Crippen LogP contribution is 2.42. The van der Waals surface area contributed by atoms with Crippen molar-refractivity contribution < 1.29 is 23.8 Å². The van der Waals surface area contributed by atoms with Crippen LogP contribution in [0.1, 0.15) is 35.4 Å². The van der Waals surface area contributed by atoms with E-state index in [1.807, 2.05) is 18.2 Å². The maximum atomic E-state index is 12.7. The Bertz CT molecular complexity index is 1030. The fraction of sp³-hybridized carbons (Fsp3) is 0.478. The molecule has 2 fully saturated rings. The maximum absolute atomic E-state index is 12.7. The molecule has 1 amide bonds. The second kappa shape index (κ2) is 8.92. The summed E-state index contributed by atoms with van der Waals surface area (Å²) < 4.78 is 17.7. The zero-order valence-corrected chi connectivity index (χ0v) is 19.4. The first-order valence-corrected chi connectivity index (χ1v) is 12.1. The number of benzene rings is 1. The minimum Gasteiger partial charge on any atom is -0.489 e. The Morgan fingerprint density at radius 3 is 2.97 bits per heavy atom. The number of carbonyl (C=O) groups is 2. The molecule has 1 aromatic heterocycles. The SMILES string of the molecule is COC[C@H]1CCCN1c1ccc2c(c1)OC[C@H]1[C@H](CCC(=O)c3ccc(Cl)s3)OC(=O)N21. The molecule has 3 aliphatic rings. The Morgan fingerprint density at radius 1 is 1.31 bits per heavy atom. The average Bonchev–Trinajstić information content (AvgIpc) is 3.51. The topological polar surface area (TPSA) is 68.3 Å². The van der Waals surface area contributed by atoms with Gasteiger partial charge in [-0.15, -0.1) is 11.3 Å². The van der Waals surface area contributed by atoms with E-state index in [1.54, 1.807) is 24.1 Å². The third-order valence-corrected chi connectivity index (χ3v) is 7.67. The molecule has 1 aromatic carbocycles. The van der Waals surface area contributed by atoms with Crippen molar-refractivity contribution in [2.45, 2.75) is 43.9 Å². The van der Waals surface area contributed by atoms with E-state index in [2.05, 4.69) is 4.90 Å². The highest BCUT2D eigenvalue weighted by molar-refractivity contribution is 7.18. The number of methoxy groups -OCH3 is 1. The van der Waals surface area contributed by atoms with Crippen LogP contribution in [-0.2, 0) is 9.47 Å². The molecule has 3 atom stereocenters. The van der Waals surface area contributed by atoms with E-state index in [9.17, 15) is 9.59 Å². The monoisotopic (exact) mass is 476 g/mol. The number of hydrogen-bond acceptors (Lipinski definition) is 7. The molecule has 170 valence electrons. The van der Waals surface area contributed by atoms with E-state index in [0.29, 0.717) is 47.1 Å². The van der Waals surface area contributed by atoms with Gasteiger partial charge in [0.15, 0.2) is 5.78 Å². The van der Waals surface area contributed by atoms with Crippen LogP contribution >= 0.6 is 22.9 Å². The fourth-order valence-corrected chi connectivity index (χ4v) is 5.86. The van der Waals surface area contributed by atoms with Crippen molar-refractivity contribution >= 4 is 46.2 Å². The van der Waals surface area contributed by atoms with Crippen LogP contribution < -0.4 is 14.5 Å². The molecular formula is C23H25ClN2O5S. The number of nitrogens with zero attached hydrogens (tertiary/aromatic N) is 2. The summed E-state index contributed by atoms with van der Waals surface area (Å²) in [7, 11) is 1.73. The summed E-state index contributed by atoms with van der Waals surface area (Å²) in [5, 5.41) is 0. The molecule has 0 spiro atoms. The first-order valence-electron chi connectivity index (χ1n) is 10.9. The molecule has 0 aliphatic carbocycles. The number of ketones is 1. The predicted molar refractivity (Wildman–Crippen MR) is 124 cm³/mol. The van der Waals surface area contributed by atoms with Crippen molar-refractivity contribution in [2.24, 2.45) is 0 Å². The summed E-state index contributed by atoms with van der Waals surface area (Å²) in [5.74, 6) is 0.693. The summed E-state index contributed by atoms with van der Waals surface area (Å²) in [6.45, 7) is 2.01. The van der Waals surface area contributed by atoms with Crippen LogP contribution in [-0.4, -0.2) is 56.9 Å². The van der Waals surface area contributed by atoms with Gasteiger partial charge in [-0.3, -0.25) is 9.69 Å². The second-order valence-corrected chi connectivity index (χ2v) is 10.0. The van der Waals surface area contributed by atoms with Gasteiger partial charge in [-0.1, -0.05) is 11.6 Å². The highest BCUT2D eigenvalue weighted by Gasteiger charge is 2.46.